The van der Waals surface area contributed by atoms with Crippen LogP contribution < -0.4 is 21.1 Å². The van der Waals surface area contributed by atoms with Gasteiger partial charge < -0.3 is 25.5 Å². The molecular weight excluding hydrogens is 478 g/mol. The van der Waals surface area contributed by atoms with Gasteiger partial charge in [-0.15, -0.1) is 0 Å². The smallest absolute Gasteiger partial charge is 0.284 e. The Morgan fingerprint density at radius 1 is 1.40 bits per heavy atom. The minimum Gasteiger partial charge on any atom is -0.545 e. The zero-order chi connectivity index (χ0) is 25.8. The first-order valence-electron chi connectivity index (χ1n) is 10.6. The van der Waals surface area contributed by atoms with Crippen LogP contribution in [0.25, 0.3) is 11.4 Å². The second-order valence-corrected chi connectivity index (χ2v) is 10.3. The number of nitrogens with two attached hydrogens (primary N) is 1. The van der Waals surface area contributed by atoms with Crippen LogP contribution in [-0.2, 0) is 20.8 Å². The molecule has 5 N–H and O–H groups in total. The molecule has 1 amide bonds. The van der Waals surface area contributed by atoms with Gasteiger partial charge in [0.1, 0.15) is 29.8 Å². The molecule has 1 aromatic carbocycles. The summed E-state index contributed by atoms with van der Waals surface area (Å²) in [5.41, 5.74) is 7.58. The lowest BCUT2D eigenvalue weighted by molar-refractivity contribution is -0.305. The van der Waals surface area contributed by atoms with Gasteiger partial charge in [-0.3, -0.25) is 9.63 Å². The lowest BCUT2D eigenvalue weighted by Gasteiger charge is -2.27. The lowest BCUT2D eigenvalue weighted by atomic mass is 10.1. The molecule has 186 valence electrons. The number of rotatable bonds is 8. The van der Waals surface area contributed by atoms with E-state index in [-0.39, 0.29) is 41.9 Å². The number of aliphatic hydroxyl groups is 1. The van der Waals surface area contributed by atoms with Crippen LogP contribution in [0.15, 0.2) is 24.3 Å². The molecule has 1 aliphatic rings. The second-order valence-electron chi connectivity index (χ2n) is 8.51. The Morgan fingerprint density at radius 3 is 2.80 bits per heavy atom. The van der Waals surface area contributed by atoms with Crippen molar-refractivity contribution in [3.05, 3.63) is 35.4 Å². The van der Waals surface area contributed by atoms with Gasteiger partial charge in [0.25, 0.3) is 5.91 Å². The maximum Gasteiger partial charge on any atom is 0.284 e. The van der Waals surface area contributed by atoms with E-state index in [2.05, 4.69) is 15.4 Å². The lowest BCUT2D eigenvalue weighted by Crippen LogP contribution is -2.48. The number of nitrogens with one attached hydrogen (secondary N) is 1. The highest BCUT2D eigenvalue weighted by molar-refractivity contribution is 7.92. The Bertz CT molecular complexity index is 1150. The number of carbonyl (C=O) groups is 2. The number of aromatic nitrogens is 2. The zero-order valence-corrected chi connectivity index (χ0v) is 19.9. The van der Waals surface area contributed by atoms with Gasteiger partial charge in [-0.05, 0) is 26.0 Å². The van der Waals surface area contributed by atoms with E-state index in [1.54, 1.807) is 18.2 Å². The molecular formula is C22H25N5O7S. The number of amides is 1. The summed E-state index contributed by atoms with van der Waals surface area (Å²) in [4.78, 5) is 37.8. The molecule has 12 nitrogen and oxygen atoms in total. The standard InChI is InChI=1S/C22H25N5O7S/c1-22(2,31)11-33-27-19(28)16-17(24)25-18(13-5-3-4-12(8-13)10-23)26-20(16)34-14-6-7-35(32)15(9-14)21(29)30/h3-5,8,14-15,31-32H,6-7,9,11H2,1-2H3,(H3-,24,25,26,27,28,29,30)/t14-,15?,35?/m1/s1. The van der Waals surface area contributed by atoms with Crippen LogP contribution >= 0.6 is 0 Å². The van der Waals surface area contributed by atoms with Crippen molar-refractivity contribution in [2.24, 2.45) is 0 Å². The zero-order valence-electron chi connectivity index (χ0n) is 19.1. The molecule has 0 spiro atoms. The Hall–Kier alpha value is -3.44. The number of carboxylic acids is 1. The number of nitrogen functional groups attached to an aromatic ring is 1. The number of aliphatic carboxylic acids is 1. The Balaban J connectivity index is 1.96. The van der Waals surface area contributed by atoms with Crippen molar-refractivity contribution in [2.45, 2.75) is 43.6 Å². The van der Waals surface area contributed by atoms with Crippen LogP contribution in [0, 0.1) is 11.3 Å². The summed E-state index contributed by atoms with van der Waals surface area (Å²) >= 11 is -1.36. The predicted octanol–water partition coefficient (Wildman–Crippen LogP) is -0.219. The normalized spacial score (nSPS) is 20.0. The molecule has 1 saturated heterocycles. The molecule has 0 radical (unpaired) electrons. The van der Waals surface area contributed by atoms with Crippen LogP contribution in [0.5, 0.6) is 5.88 Å². The van der Waals surface area contributed by atoms with E-state index in [0.29, 0.717) is 17.5 Å². The number of carboxylic acid groups (broad SMARTS) is 1. The van der Waals surface area contributed by atoms with Crippen LogP contribution in [-0.4, -0.2) is 60.8 Å². The summed E-state index contributed by atoms with van der Waals surface area (Å²) in [6.45, 7) is 2.76. The minimum atomic E-state index is -1.39. The van der Waals surface area contributed by atoms with Crippen LogP contribution in [0.3, 0.4) is 0 Å². The third kappa shape index (κ3) is 6.80. The van der Waals surface area contributed by atoms with Crippen LogP contribution in [0.4, 0.5) is 5.82 Å². The molecule has 2 heterocycles. The third-order valence-electron chi connectivity index (χ3n) is 4.97. The highest BCUT2D eigenvalue weighted by Crippen LogP contribution is 2.30. The molecule has 1 aliphatic heterocycles. The first-order valence-corrected chi connectivity index (χ1v) is 12.0. The summed E-state index contributed by atoms with van der Waals surface area (Å²) in [6, 6.07) is 8.43. The van der Waals surface area contributed by atoms with Gasteiger partial charge in [0.15, 0.2) is 22.3 Å². The maximum absolute atomic E-state index is 12.8. The summed E-state index contributed by atoms with van der Waals surface area (Å²) in [5.74, 6) is -2.44. The fourth-order valence-electron chi connectivity index (χ4n) is 3.28. The molecule has 2 unspecified atom stereocenters. The van der Waals surface area contributed by atoms with Gasteiger partial charge in [0.05, 0.1) is 23.2 Å². The van der Waals surface area contributed by atoms with Gasteiger partial charge in [-0.25, -0.2) is 10.5 Å². The molecule has 1 aromatic heterocycles. The third-order valence-corrected chi connectivity index (χ3v) is 6.66. The molecule has 1 fully saturated rings. The van der Waals surface area contributed by atoms with Crippen molar-refractivity contribution < 1.29 is 33.9 Å². The Morgan fingerprint density at radius 2 is 2.14 bits per heavy atom. The quantitative estimate of drug-likeness (QED) is 0.274. The highest BCUT2D eigenvalue weighted by atomic mass is 32.2. The van der Waals surface area contributed by atoms with Crippen molar-refractivity contribution in [2.75, 3.05) is 18.1 Å². The molecule has 2 aromatic rings. The first kappa shape index (κ1) is 26.2. The van der Waals surface area contributed by atoms with E-state index in [1.165, 1.54) is 19.9 Å². The SMILES string of the molecule is CC(C)(O)CONC(=O)c1c(N)nc(-c2cccc(C#N)c2)nc1O[C@@H]1CC[S+](O)C(C(=O)[O-])C1. The average molecular weight is 504 g/mol. The number of anilines is 1. The van der Waals surface area contributed by atoms with Gasteiger partial charge in [-0.1, -0.05) is 12.1 Å². The molecule has 35 heavy (non-hydrogen) atoms. The van der Waals surface area contributed by atoms with E-state index in [0.717, 1.165) is 0 Å². The van der Waals surface area contributed by atoms with Crippen LogP contribution in [0.2, 0.25) is 0 Å². The number of hydrogen-bond donors (Lipinski definition) is 4. The van der Waals surface area contributed by atoms with Gasteiger partial charge in [-0.2, -0.15) is 14.8 Å². The molecule has 3 rings (SSSR count). The number of nitriles is 1. The summed E-state index contributed by atoms with van der Waals surface area (Å²) in [6.07, 6.45) is -0.449. The maximum atomic E-state index is 12.8. The van der Waals surface area contributed by atoms with Crippen molar-refractivity contribution in [1.29, 1.82) is 5.26 Å². The predicted molar refractivity (Wildman–Crippen MR) is 124 cm³/mol. The van der Waals surface area contributed by atoms with E-state index < -0.39 is 40.0 Å². The van der Waals surface area contributed by atoms with Crippen LogP contribution in [0.1, 0.15) is 42.6 Å². The van der Waals surface area contributed by atoms with E-state index in [9.17, 15) is 29.6 Å². The van der Waals surface area contributed by atoms with Crippen molar-refractivity contribution >= 4 is 28.9 Å². The Kier molecular flexibility index (Phi) is 8.13. The van der Waals surface area contributed by atoms with Crippen molar-refractivity contribution in [3.63, 3.8) is 0 Å². The largest absolute Gasteiger partial charge is 0.545 e. The van der Waals surface area contributed by atoms with Crippen molar-refractivity contribution in [1.82, 2.24) is 15.4 Å². The highest BCUT2D eigenvalue weighted by Gasteiger charge is 2.40. The molecule has 3 atom stereocenters. The summed E-state index contributed by atoms with van der Waals surface area (Å²) in [7, 11) is 0. The minimum absolute atomic E-state index is 0.0542. The average Bonchev–Trinajstić information content (AvgIpc) is 2.79. The van der Waals surface area contributed by atoms with Crippen molar-refractivity contribution in [3.8, 4) is 23.3 Å². The Labute approximate surface area is 204 Å². The number of ether oxygens (including phenoxy) is 1. The number of carbonyl (C=O) groups excluding carboxylic acids is 2. The topological polar surface area (TPSA) is 204 Å². The van der Waals surface area contributed by atoms with Gasteiger partial charge in [0.2, 0.25) is 5.88 Å². The summed E-state index contributed by atoms with van der Waals surface area (Å²) < 4.78 is 15.9. The molecule has 0 saturated carbocycles. The monoisotopic (exact) mass is 503 g/mol. The second kappa shape index (κ2) is 10.9. The van der Waals surface area contributed by atoms with E-state index >= 15 is 0 Å². The number of hydroxylamine groups is 1. The fraction of sp³-hybridized carbons (Fsp3) is 0.409. The van der Waals surface area contributed by atoms with Gasteiger partial charge >= 0.3 is 0 Å². The van der Waals surface area contributed by atoms with Gasteiger partial charge in [0, 0.05) is 18.4 Å². The summed E-state index contributed by atoms with van der Waals surface area (Å²) in [5, 5.41) is 29.2. The number of hydrogen-bond acceptors (Lipinski definition) is 11. The molecule has 13 heteroatoms. The number of nitrogens with zero attached hydrogens (tertiary/aromatic N) is 3. The fourth-order valence-corrected chi connectivity index (χ4v) is 4.72. The first-order chi connectivity index (χ1) is 16.5. The van der Waals surface area contributed by atoms with E-state index in [1.807, 2.05) is 6.07 Å². The molecule has 0 bridgehead atoms. The number of benzene rings is 1. The molecule has 0 aliphatic carbocycles. The van der Waals surface area contributed by atoms with E-state index in [4.69, 9.17) is 15.3 Å².